The fourth-order valence-corrected chi connectivity index (χ4v) is 3.59. The molecule has 0 spiro atoms. The third-order valence-electron chi connectivity index (χ3n) is 4.91. The van der Waals surface area contributed by atoms with E-state index in [-0.39, 0.29) is 18.5 Å². The average molecular weight is 377 g/mol. The van der Waals surface area contributed by atoms with Crippen LogP contribution in [0.1, 0.15) is 31.4 Å². The van der Waals surface area contributed by atoms with Crippen molar-refractivity contribution in [1.29, 1.82) is 0 Å². The summed E-state index contributed by atoms with van der Waals surface area (Å²) in [6.45, 7) is 3.44. The van der Waals surface area contributed by atoms with Crippen molar-refractivity contribution in [2.75, 3.05) is 13.2 Å². The highest BCUT2D eigenvalue weighted by molar-refractivity contribution is 5.76. The number of ether oxygens (including phenoxy) is 1. The quantitative estimate of drug-likeness (QED) is 0.660. The van der Waals surface area contributed by atoms with Crippen molar-refractivity contribution in [3.05, 3.63) is 60.2 Å². The Kier molecular flexibility index (Phi) is 5.32. The minimum Gasteiger partial charge on any atom is -0.494 e. The Labute approximate surface area is 163 Å². The van der Waals surface area contributed by atoms with Crippen LogP contribution in [0.5, 0.6) is 5.75 Å². The normalized spacial score (nSPS) is 16.3. The topological polar surface area (TPSA) is 73.1 Å². The van der Waals surface area contributed by atoms with E-state index in [0.29, 0.717) is 12.4 Å². The summed E-state index contributed by atoms with van der Waals surface area (Å²) in [5.41, 5.74) is 2.01. The number of carbonyl (C=O) groups is 1. The van der Waals surface area contributed by atoms with Gasteiger partial charge in [-0.2, -0.15) is 4.80 Å². The number of nitrogens with zero attached hydrogens (tertiary/aromatic N) is 5. The van der Waals surface area contributed by atoms with Crippen LogP contribution in [0.15, 0.2) is 54.6 Å². The Bertz CT molecular complexity index is 923. The van der Waals surface area contributed by atoms with Gasteiger partial charge in [-0.15, -0.1) is 10.2 Å². The van der Waals surface area contributed by atoms with Crippen LogP contribution in [0.2, 0.25) is 0 Å². The zero-order valence-corrected chi connectivity index (χ0v) is 15.9. The molecule has 1 atom stereocenters. The molecule has 0 bridgehead atoms. The number of hydrogen-bond donors (Lipinski definition) is 0. The van der Waals surface area contributed by atoms with Gasteiger partial charge in [-0.25, -0.2) is 0 Å². The van der Waals surface area contributed by atoms with Crippen molar-refractivity contribution >= 4 is 5.91 Å². The number of amides is 1. The van der Waals surface area contributed by atoms with Crippen molar-refractivity contribution < 1.29 is 9.53 Å². The van der Waals surface area contributed by atoms with E-state index < -0.39 is 0 Å². The highest BCUT2D eigenvalue weighted by atomic mass is 16.5. The van der Waals surface area contributed by atoms with E-state index in [0.717, 1.165) is 36.3 Å². The van der Waals surface area contributed by atoms with Gasteiger partial charge in [-0.1, -0.05) is 42.5 Å². The highest BCUT2D eigenvalue weighted by Crippen LogP contribution is 2.33. The van der Waals surface area contributed by atoms with Gasteiger partial charge in [0.1, 0.15) is 12.3 Å². The van der Waals surface area contributed by atoms with Gasteiger partial charge in [0.2, 0.25) is 11.7 Å². The first kappa shape index (κ1) is 18.2. The first-order valence-corrected chi connectivity index (χ1v) is 9.60. The molecule has 1 fully saturated rings. The second-order valence-corrected chi connectivity index (χ2v) is 6.76. The summed E-state index contributed by atoms with van der Waals surface area (Å²) in [4.78, 5) is 16.2. The molecule has 2 heterocycles. The summed E-state index contributed by atoms with van der Waals surface area (Å²) in [6, 6.07) is 17.7. The van der Waals surface area contributed by atoms with Crippen LogP contribution in [-0.2, 0) is 11.3 Å². The summed E-state index contributed by atoms with van der Waals surface area (Å²) >= 11 is 0. The van der Waals surface area contributed by atoms with Crippen LogP contribution in [0.25, 0.3) is 11.4 Å². The highest BCUT2D eigenvalue weighted by Gasteiger charge is 2.30. The Morgan fingerprint density at radius 1 is 1.14 bits per heavy atom. The Morgan fingerprint density at radius 2 is 1.93 bits per heavy atom. The van der Waals surface area contributed by atoms with Gasteiger partial charge in [0, 0.05) is 12.1 Å². The molecule has 1 amide bonds. The Hall–Kier alpha value is -3.22. The third kappa shape index (κ3) is 3.88. The summed E-state index contributed by atoms with van der Waals surface area (Å²) in [5, 5.41) is 12.5. The van der Waals surface area contributed by atoms with E-state index in [1.54, 1.807) is 0 Å². The summed E-state index contributed by atoms with van der Waals surface area (Å²) in [7, 11) is 0. The molecule has 0 saturated carbocycles. The van der Waals surface area contributed by atoms with Gasteiger partial charge < -0.3 is 9.64 Å². The number of hydrogen-bond acceptors (Lipinski definition) is 5. The van der Waals surface area contributed by atoms with Crippen molar-refractivity contribution in [2.45, 2.75) is 32.4 Å². The van der Waals surface area contributed by atoms with Crippen LogP contribution in [0.3, 0.4) is 0 Å². The number of rotatable bonds is 6. The van der Waals surface area contributed by atoms with E-state index >= 15 is 0 Å². The second-order valence-electron chi connectivity index (χ2n) is 6.76. The SMILES string of the molecule is CCOc1ccc([C@H]2CCCN2C(=O)Cn2nnc(-c3ccccc3)n2)cc1. The van der Waals surface area contributed by atoms with E-state index in [4.69, 9.17) is 4.74 Å². The monoisotopic (exact) mass is 377 g/mol. The molecule has 4 rings (SSSR count). The molecule has 0 radical (unpaired) electrons. The molecule has 3 aromatic rings. The first-order valence-electron chi connectivity index (χ1n) is 9.60. The van der Waals surface area contributed by atoms with Crippen LogP contribution in [0.4, 0.5) is 0 Å². The molecule has 1 aliphatic rings. The van der Waals surface area contributed by atoms with Crippen molar-refractivity contribution in [3.63, 3.8) is 0 Å². The maximum atomic E-state index is 12.9. The summed E-state index contributed by atoms with van der Waals surface area (Å²) < 4.78 is 5.51. The predicted octanol–water partition coefficient (Wildman–Crippen LogP) is 3.10. The molecule has 2 aromatic carbocycles. The lowest BCUT2D eigenvalue weighted by molar-refractivity contribution is -0.133. The van der Waals surface area contributed by atoms with Gasteiger partial charge in [0.25, 0.3) is 0 Å². The van der Waals surface area contributed by atoms with Crippen LogP contribution in [-0.4, -0.2) is 44.2 Å². The molecule has 0 N–H and O–H groups in total. The molecule has 7 heteroatoms. The van der Waals surface area contributed by atoms with Crippen LogP contribution < -0.4 is 4.74 Å². The molecular formula is C21H23N5O2. The zero-order valence-electron chi connectivity index (χ0n) is 15.9. The smallest absolute Gasteiger partial charge is 0.246 e. The predicted molar refractivity (Wildman–Crippen MR) is 105 cm³/mol. The van der Waals surface area contributed by atoms with Crippen LogP contribution in [0, 0.1) is 0 Å². The lowest BCUT2D eigenvalue weighted by Crippen LogP contribution is -2.34. The minimum atomic E-state index is 0.00777. The number of tetrazole rings is 1. The molecule has 28 heavy (non-hydrogen) atoms. The third-order valence-corrected chi connectivity index (χ3v) is 4.91. The number of carbonyl (C=O) groups excluding carboxylic acids is 1. The number of aromatic nitrogens is 4. The standard InChI is InChI=1S/C21H23N5O2/c1-2-28-18-12-10-16(11-13-18)19-9-6-14-25(19)20(27)15-26-23-21(22-24-26)17-7-4-3-5-8-17/h3-5,7-8,10-13,19H,2,6,9,14-15H2,1H3/t19-/m1/s1. The van der Waals surface area contributed by atoms with Gasteiger partial charge in [0.15, 0.2) is 0 Å². The van der Waals surface area contributed by atoms with Crippen molar-refractivity contribution in [1.82, 2.24) is 25.1 Å². The molecule has 144 valence electrons. The van der Waals surface area contributed by atoms with E-state index in [1.807, 2.05) is 66.4 Å². The number of likely N-dealkylation sites (tertiary alicyclic amines) is 1. The average Bonchev–Trinajstić information content (AvgIpc) is 3.39. The summed E-state index contributed by atoms with van der Waals surface area (Å²) in [5.74, 6) is 1.38. The van der Waals surface area contributed by atoms with Gasteiger partial charge in [0.05, 0.1) is 12.6 Å². The zero-order chi connectivity index (χ0) is 19.3. The van der Waals surface area contributed by atoms with Gasteiger partial charge >= 0.3 is 0 Å². The van der Waals surface area contributed by atoms with Gasteiger partial charge in [-0.05, 0) is 42.7 Å². The Balaban J connectivity index is 1.44. The lowest BCUT2D eigenvalue weighted by atomic mass is 10.0. The van der Waals surface area contributed by atoms with E-state index in [9.17, 15) is 4.79 Å². The van der Waals surface area contributed by atoms with Crippen molar-refractivity contribution in [3.8, 4) is 17.1 Å². The fraction of sp³-hybridized carbons (Fsp3) is 0.333. The molecule has 0 aliphatic carbocycles. The van der Waals surface area contributed by atoms with E-state index in [1.165, 1.54) is 4.80 Å². The van der Waals surface area contributed by atoms with Gasteiger partial charge in [-0.3, -0.25) is 4.79 Å². The first-order chi connectivity index (χ1) is 13.7. The molecule has 7 nitrogen and oxygen atoms in total. The Morgan fingerprint density at radius 3 is 2.68 bits per heavy atom. The molecule has 1 aromatic heterocycles. The minimum absolute atomic E-state index is 0.00777. The number of benzene rings is 2. The maximum Gasteiger partial charge on any atom is 0.246 e. The van der Waals surface area contributed by atoms with E-state index in [2.05, 4.69) is 15.4 Å². The fourth-order valence-electron chi connectivity index (χ4n) is 3.59. The molecule has 0 unspecified atom stereocenters. The second kappa shape index (κ2) is 8.21. The van der Waals surface area contributed by atoms with Crippen molar-refractivity contribution in [2.24, 2.45) is 0 Å². The molecule has 1 saturated heterocycles. The largest absolute Gasteiger partial charge is 0.494 e. The lowest BCUT2D eigenvalue weighted by Gasteiger charge is -2.25. The summed E-state index contributed by atoms with van der Waals surface area (Å²) in [6.07, 6.45) is 1.95. The van der Waals surface area contributed by atoms with Crippen LogP contribution >= 0.6 is 0 Å². The molecular weight excluding hydrogens is 354 g/mol. The molecule has 1 aliphatic heterocycles. The maximum absolute atomic E-state index is 12.9.